The van der Waals surface area contributed by atoms with Crippen molar-refractivity contribution in [3.05, 3.63) is 119 Å². The molecule has 4 nitrogen and oxygen atoms in total. The van der Waals surface area contributed by atoms with E-state index in [4.69, 9.17) is 0 Å². The molecule has 46 heavy (non-hydrogen) atoms. The van der Waals surface area contributed by atoms with Crippen LogP contribution in [0.3, 0.4) is 0 Å². The molecular weight excluding hydrogens is 641 g/mol. The van der Waals surface area contributed by atoms with Crippen LogP contribution in [0.4, 0.5) is 0 Å². The zero-order valence-electron chi connectivity index (χ0n) is 26.0. The molecule has 228 valence electrons. The summed E-state index contributed by atoms with van der Waals surface area (Å²) >= 11 is 6.12. The summed E-state index contributed by atoms with van der Waals surface area (Å²) in [5, 5.41) is 36.7. The molecule has 0 saturated heterocycles. The maximum atomic E-state index is 9.34. The first-order chi connectivity index (χ1) is 22.2. The monoisotopic (exact) mass is 672 g/mol. The molecule has 8 heteroatoms. The fourth-order valence-electron chi connectivity index (χ4n) is 4.63. The van der Waals surface area contributed by atoms with Gasteiger partial charge in [0.2, 0.25) is 0 Å². The van der Waals surface area contributed by atoms with E-state index in [0.717, 1.165) is 53.0 Å². The van der Waals surface area contributed by atoms with E-state index < -0.39 is 0 Å². The molecule has 0 heterocycles. The third-order valence-electron chi connectivity index (χ3n) is 6.80. The number of nitriles is 4. The van der Waals surface area contributed by atoms with Crippen LogP contribution in [0.2, 0.25) is 0 Å². The van der Waals surface area contributed by atoms with Gasteiger partial charge in [-0.25, -0.2) is 0 Å². The molecule has 0 N–H and O–H groups in total. The molecule has 0 aromatic heterocycles. The molecule has 0 amide bonds. The summed E-state index contributed by atoms with van der Waals surface area (Å²) in [7, 11) is 0. The van der Waals surface area contributed by atoms with Gasteiger partial charge in [-0.2, -0.15) is 21.0 Å². The van der Waals surface area contributed by atoms with E-state index in [1.165, 1.54) is 47.0 Å². The summed E-state index contributed by atoms with van der Waals surface area (Å²) in [6, 6.07) is 42.6. The predicted octanol–water partition coefficient (Wildman–Crippen LogP) is 10.7. The SMILES string of the molecule is CC(C#N)Sc1ccc(C(=C(c2ccc(SC(C)C#N)cc2)c2ccc(SC(C)C#N)cc2)c2ccc(SC(C)C#N)cc2)cc1. The Bertz CT molecular complexity index is 1550. The van der Waals surface area contributed by atoms with Crippen LogP contribution < -0.4 is 0 Å². The number of rotatable bonds is 12. The Morgan fingerprint density at radius 1 is 0.370 bits per heavy atom. The predicted molar refractivity (Wildman–Crippen MR) is 195 cm³/mol. The Kier molecular flexibility index (Phi) is 12.9. The molecule has 4 rings (SSSR count). The second-order valence-corrected chi connectivity index (χ2v) is 16.1. The van der Waals surface area contributed by atoms with Crippen molar-refractivity contribution >= 4 is 58.2 Å². The molecule has 0 fully saturated rings. The lowest BCUT2D eigenvalue weighted by molar-refractivity contribution is 1.23. The Hall–Kier alpha value is -4.02. The summed E-state index contributed by atoms with van der Waals surface area (Å²) in [5.41, 5.74) is 6.22. The highest BCUT2D eigenvalue weighted by Crippen LogP contribution is 2.40. The second-order valence-electron chi connectivity index (χ2n) is 10.4. The van der Waals surface area contributed by atoms with Crippen molar-refractivity contribution in [2.75, 3.05) is 0 Å². The highest BCUT2D eigenvalue weighted by Gasteiger charge is 2.18. The average molecular weight is 673 g/mol. The zero-order valence-corrected chi connectivity index (χ0v) is 29.2. The molecule has 0 spiro atoms. The van der Waals surface area contributed by atoms with E-state index in [-0.39, 0.29) is 21.0 Å². The van der Waals surface area contributed by atoms with Crippen LogP contribution in [-0.2, 0) is 0 Å². The molecule has 0 aliphatic carbocycles. The fourth-order valence-corrected chi connectivity index (χ4v) is 7.65. The number of hydrogen-bond acceptors (Lipinski definition) is 8. The fraction of sp³-hybridized carbons (Fsp3) is 0.211. The molecule has 0 saturated carbocycles. The lowest BCUT2D eigenvalue weighted by Gasteiger charge is -2.19. The number of nitrogens with zero attached hydrogens (tertiary/aromatic N) is 4. The Labute approximate surface area is 289 Å². The maximum Gasteiger partial charge on any atom is 0.0935 e. The quantitative estimate of drug-likeness (QED) is 0.108. The first kappa shape index (κ1) is 34.8. The number of benzene rings is 4. The third kappa shape index (κ3) is 9.50. The van der Waals surface area contributed by atoms with Gasteiger partial charge in [-0.05, 0) is 110 Å². The van der Waals surface area contributed by atoms with Gasteiger partial charge < -0.3 is 0 Å². The molecule has 0 aliphatic heterocycles. The summed E-state index contributed by atoms with van der Waals surface area (Å²) in [6.45, 7) is 7.58. The van der Waals surface area contributed by atoms with Crippen molar-refractivity contribution in [2.24, 2.45) is 0 Å². The molecule has 0 radical (unpaired) electrons. The van der Waals surface area contributed by atoms with E-state index in [1.54, 1.807) is 0 Å². The number of hydrogen-bond donors (Lipinski definition) is 0. The van der Waals surface area contributed by atoms with Crippen LogP contribution in [0.25, 0.3) is 11.1 Å². The Morgan fingerprint density at radius 2 is 0.543 bits per heavy atom. The highest BCUT2D eigenvalue weighted by molar-refractivity contribution is 8.00. The van der Waals surface area contributed by atoms with Gasteiger partial charge in [0.15, 0.2) is 0 Å². The van der Waals surface area contributed by atoms with E-state index in [0.29, 0.717) is 0 Å². The normalized spacial score (nSPS) is 13.1. The lowest BCUT2D eigenvalue weighted by Crippen LogP contribution is -1.99. The molecule has 0 bridgehead atoms. The summed E-state index contributed by atoms with van der Waals surface area (Å²) in [5.74, 6) is 0. The third-order valence-corrected chi connectivity index (χ3v) is 10.8. The summed E-state index contributed by atoms with van der Waals surface area (Å²) in [4.78, 5) is 4.10. The standard InChI is InChI=1S/C38H32N4S4/c1-25(21-39)43-33-13-5-29(6-14-33)37(30-7-15-34(16-8-30)44-26(2)22-40)38(31-9-17-35(18-10-31)45-27(3)23-41)32-11-19-36(20-12-32)46-28(4)24-42/h5-20,25-28H,1-4H3. The van der Waals surface area contributed by atoms with Crippen LogP contribution in [0.1, 0.15) is 49.9 Å². The van der Waals surface area contributed by atoms with E-state index in [1.807, 2.05) is 27.7 Å². The molecule has 4 aromatic carbocycles. The maximum absolute atomic E-state index is 9.34. The van der Waals surface area contributed by atoms with Crippen molar-refractivity contribution in [2.45, 2.75) is 68.3 Å². The topological polar surface area (TPSA) is 95.2 Å². The van der Waals surface area contributed by atoms with E-state index >= 15 is 0 Å². The minimum atomic E-state index is -0.155. The Morgan fingerprint density at radius 3 is 0.696 bits per heavy atom. The average Bonchev–Trinajstić information content (AvgIpc) is 3.08. The molecular formula is C38H32N4S4. The minimum Gasteiger partial charge on any atom is -0.197 e. The van der Waals surface area contributed by atoms with E-state index in [2.05, 4.69) is 121 Å². The molecule has 4 aromatic rings. The smallest absolute Gasteiger partial charge is 0.0935 e. The van der Waals surface area contributed by atoms with Crippen LogP contribution in [-0.4, -0.2) is 21.0 Å². The van der Waals surface area contributed by atoms with Crippen LogP contribution >= 0.6 is 47.0 Å². The van der Waals surface area contributed by atoms with Crippen LogP contribution in [0.15, 0.2) is 117 Å². The van der Waals surface area contributed by atoms with Gasteiger partial charge in [0, 0.05) is 19.6 Å². The van der Waals surface area contributed by atoms with Gasteiger partial charge in [0.25, 0.3) is 0 Å². The van der Waals surface area contributed by atoms with Crippen molar-refractivity contribution in [1.82, 2.24) is 0 Å². The number of thioether (sulfide) groups is 4. The first-order valence-corrected chi connectivity index (χ1v) is 18.2. The van der Waals surface area contributed by atoms with E-state index in [9.17, 15) is 21.0 Å². The molecule has 4 atom stereocenters. The lowest BCUT2D eigenvalue weighted by atomic mass is 9.86. The van der Waals surface area contributed by atoms with Crippen molar-refractivity contribution in [3.8, 4) is 24.3 Å². The zero-order chi connectivity index (χ0) is 33.1. The van der Waals surface area contributed by atoms with Crippen molar-refractivity contribution in [1.29, 1.82) is 21.0 Å². The van der Waals surface area contributed by atoms with Gasteiger partial charge >= 0.3 is 0 Å². The largest absolute Gasteiger partial charge is 0.197 e. The van der Waals surface area contributed by atoms with Crippen molar-refractivity contribution in [3.63, 3.8) is 0 Å². The molecule has 0 aliphatic rings. The van der Waals surface area contributed by atoms with Crippen LogP contribution in [0, 0.1) is 45.3 Å². The second kappa shape index (κ2) is 17.1. The van der Waals surface area contributed by atoms with Gasteiger partial charge in [0.1, 0.15) is 0 Å². The van der Waals surface area contributed by atoms with Gasteiger partial charge in [-0.15, -0.1) is 47.0 Å². The van der Waals surface area contributed by atoms with Crippen molar-refractivity contribution < 1.29 is 0 Å². The minimum absolute atomic E-state index is 0.155. The summed E-state index contributed by atoms with van der Waals surface area (Å²) in [6.07, 6.45) is 0. The highest BCUT2D eigenvalue weighted by atomic mass is 32.2. The summed E-state index contributed by atoms with van der Waals surface area (Å²) < 4.78 is 0. The Balaban J connectivity index is 1.94. The van der Waals surface area contributed by atoms with Gasteiger partial charge in [0.05, 0.1) is 45.3 Å². The van der Waals surface area contributed by atoms with Gasteiger partial charge in [-0.3, -0.25) is 0 Å². The molecule has 4 unspecified atom stereocenters. The first-order valence-electron chi connectivity index (χ1n) is 14.7. The van der Waals surface area contributed by atoms with Gasteiger partial charge in [-0.1, -0.05) is 48.5 Å². The van der Waals surface area contributed by atoms with Crippen LogP contribution in [0.5, 0.6) is 0 Å².